The Kier molecular flexibility index (Phi) is 4.24. The number of amides is 1. The molecule has 0 radical (unpaired) electrons. The van der Waals surface area contributed by atoms with Crippen LogP contribution in [0.25, 0.3) is 0 Å². The van der Waals surface area contributed by atoms with E-state index in [1.54, 1.807) is 31.5 Å². The van der Waals surface area contributed by atoms with Crippen LogP contribution in [0.4, 0.5) is 0 Å². The lowest BCUT2D eigenvalue weighted by Gasteiger charge is -2.21. The second kappa shape index (κ2) is 6.31. The van der Waals surface area contributed by atoms with Crippen LogP contribution in [0.15, 0.2) is 27.5 Å². The van der Waals surface area contributed by atoms with E-state index in [9.17, 15) is 4.79 Å². The topological polar surface area (TPSA) is 81.6 Å². The summed E-state index contributed by atoms with van der Waals surface area (Å²) in [5.74, 6) is 1.11. The van der Waals surface area contributed by atoms with Crippen LogP contribution < -0.4 is 0 Å². The number of ether oxygens (including phenoxy) is 1. The molecule has 2 aromatic heterocycles. The Hall–Kier alpha value is -2.15. The van der Waals surface area contributed by atoms with Gasteiger partial charge in [-0.15, -0.1) is 0 Å². The molecule has 7 nitrogen and oxygen atoms in total. The number of methoxy groups -OCH3 is 1. The Morgan fingerprint density at radius 2 is 2.41 bits per heavy atom. The van der Waals surface area contributed by atoms with Crippen molar-refractivity contribution in [1.82, 2.24) is 15.0 Å². The van der Waals surface area contributed by atoms with Crippen LogP contribution in [-0.4, -0.2) is 40.7 Å². The van der Waals surface area contributed by atoms with E-state index in [0.717, 1.165) is 5.56 Å². The van der Waals surface area contributed by atoms with E-state index < -0.39 is 0 Å². The highest BCUT2D eigenvalue weighted by atomic mass is 16.5. The molecule has 0 saturated carbocycles. The highest BCUT2D eigenvalue weighted by Crippen LogP contribution is 2.33. The summed E-state index contributed by atoms with van der Waals surface area (Å²) in [6.07, 6.45) is 5.01. The van der Waals surface area contributed by atoms with Crippen molar-refractivity contribution in [3.8, 4) is 0 Å². The zero-order valence-electron chi connectivity index (χ0n) is 12.7. The number of carbonyl (C=O) groups is 1. The minimum atomic E-state index is -0.206. The van der Waals surface area contributed by atoms with Crippen molar-refractivity contribution in [1.29, 1.82) is 0 Å². The van der Waals surface area contributed by atoms with Gasteiger partial charge in [-0.1, -0.05) is 5.16 Å². The summed E-state index contributed by atoms with van der Waals surface area (Å²) in [5.41, 5.74) is 1.01. The summed E-state index contributed by atoms with van der Waals surface area (Å²) in [5, 5.41) is 3.82. The van der Waals surface area contributed by atoms with Crippen LogP contribution in [0, 0.1) is 6.92 Å². The molecule has 22 heavy (non-hydrogen) atoms. The van der Waals surface area contributed by atoms with Crippen molar-refractivity contribution in [3.05, 3.63) is 35.9 Å². The molecule has 7 heteroatoms. The van der Waals surface area contributed by atoms with Gasteiger partial charge in [0.1, 0.15) is 6.04 Å². The predicted octanol–water partition coefficient (Wildman–Crippen LogP) is 1.89. The van der Waals surface area contributed by atoms with Crippen molar-refractivity contribution in [2.45, 2.75) is 38.3 Å². The SMILES string of the molecule is CO[C@H]1C[C@H](c2nc(C)no2)N(C(=O)CCc2ccoc2)C1. The molecular weight excluding hydrogens is 286 g/mol. The number of hydrogen-bond donors (Lipinski definition) is 0. The number of carbonyl (C=O) groups excluding carboxylic acids is 1. The molecule has 3 rings (SSSR count). The van der Waals surface area contributed by atoms with Gasteiger partial charge in [-0.25, -0.2) is 0 Å². The minimum absolute atomic E-state index is 0.00455. The van der Waals surface area contributed by atoms with Gasteiger partial charge in [0, 0.05) is 26.5 Å². The van der Waals surface area contributed by atoms with Crippen LogP contribution in [0.1, 0.15) is 36.2 Å². The van der Waals surface area contributed by atoms with Gasteiger partial charge in [0.15, 0.2) is 5.82 Å². The van der Waals surface area contributed by atoms with Crippen LogP contribution in [0.3, 0.4) is 0 Å². The molecular formula is C15H19N3O4. The summed E-state index contributed by atoms with van der Waals surface area (Å²) in [4.78, 5) is 18.6. The normalized spacial score (nSPS) is 21.5. The molecule has 0 aliphatic carbocycles. The van der Waals surface area contributed by atoms with Gasteiger partial charge >= 0.3 is 0 Å². The molecule has 0 unspecified atom stereocenters. The van der Waals surface area contributed by atoms with Crippen LogP contribution in [0.2, 0.25) is 0 Å². The molecule has 0 N–H and O–H groups in total. The number of aryl methyl sites for hydroxylation is 2. The fraction of sp³-hybridized carbons (Fsp3) is 0.533. The fourth-order valence-electron chi connectivity index (χ4n) is 2.76. The summed E-state index contributed by atoms with van der Waals surface area (Å²) in [6.45, 7) is 2.31. The molecule has 118 valence electrons. The van der Waals surface area contributed by atoms with Crippen molar-refractivity contribution in [3.63, 3.8) is 0 Å². The highest BCUT2D eigenvalue weighted by Gasteiger charge is 2.39. The van der Waals surface area contributed by atoms with Gasteiger partial charge in [-0.05, 0) is 25.0 Å². The van der Waals surface area contributed by atoms with Gasteiger partial charge in [-0.3, -0.25) is 4.79 Å². The average Bonchev–Trinajstić information content (AvgIpc) is 3.24. The zero-order valence-corrected chi connectivity index (χ0v) is 12.7. The number of likely N-dealkylation sites (tertiary alicyclic amines) is 1. The summed E-state index contributed by atoms with van der Waals surface area (Å²) in [6, 6.07) is 1.66. The molecule has 2 atom stereocenters. The first-order valence-electron chi connectivity index (χ1n) is 7.31. The number of rotatable bonds is 5. The van der Waals surface area contributed by atoms with Gasteiger partial charge in [0.25, 0.3) is 0 Å². The monoisotopic (exact) mass is 305 g/mol. The third kappa shape index (κ3) is 3.04. The number of furan rings is 1. The number of hydrogen-bond acceptors (Lipinski definition) is 6. The van der Waals surface area contributed by atoms with E-state index in [4.69, 9.17) is 13.7 Å². The lowest BCUT2D eigenvalue weighted by molar-refractivity contribution is -0.132. The smallest absolute Gasteiger partial charge is 0.249 e. The summed E-state index contributed by atoms with van der Waals surface area (Å²) >= 11 is 0. The first-order chi connectivity index (χ1) is 10.7. The largest absolute Gasteiger partial charge is 0.472 e. The second-order valence-electron chi connectivity index (χ2n) is 5.47. The fourth-order valence-corrected chi connectivity index (χ4v) is 2.76. The van der Waals surface area contributed by atoms with Gasteiger partial charge in [-0.2, -0.15) is 4.98 Å². The molecule has 0 bridgehead atoms. The highest BCUT2D eigenvalue weighted by molar-refractivity contribution is 5.77. The van der Waals surface area contributed by atoms with Crippen molar-refractivity contribution in [2.24, 2.45) is 0 Å². The molecule has 1 amide bonds. The number of nitrogens with zero attached hydrogens (tertiary/aromatic N) is 3. The standard InChI is InChI=1S/C15H19N3O4/c1-10-16-15(22-17-10)13-7-12(20-2)8-18(13)14(19)4-3-11-5-6-21-9-11/h5-6,9,12-13H,3-4,7-8H2,1-2H3/t12-,13+/m0/s1. The quantitative estimate of drug-likeness (QED) is 0.839. The Labute approximate surface area is 128 Å². The third-order valence-electron chi connectivity index (χ3n) is 3.95. The molecule has 1 fully saturated rings. The first-order valence-corrected chi connectivity index (χ1v) is 7.31. The van der Waals surface area contributed by atoms with E-state index in [1.165, 1.54) is 0 Å². The van der Waals surface area contributed by atoms with Crippen molar-refractivity contribution in [2.75, 3.05) is 13.7 Å². The van der Waals surface area contributed by atoms with Crippen LogP contribution in [0.5, 0.6) is 0 Å². The molecule has 1 saturated heterocycles. The van der Waals surface area contributed by atoms with E-state index in [-0.39, 0.29) is 18.1 Å². The molecule has 1 aliphatic rings. The van der Waals surface area contributed by atoms with Crippen molar-refractivity contribution >= 4 is 5.91 Å². The summed E-state index contributed by atoms with van der Waals surface area (Å²) in [7, 11) is 1.65. The molecule has 1 aliphatic heterocycles. The Bertz CT molecular complexity index is 623. The molecule has 0 aromatic carbocycles. The van der Waals surface area contributed by atoms with Gasteiger partial charge in [0.05, 0.1) is 18.6 Å². The van der Waals surface area contributed by atoms with Crippen LogP contribution >= 0.6 is 0 Å². The van der Waals surface area contributed by atoms with Crippen LogP contribution in [-0.2, 0) is 16.0 Å². The van der Waals surface area contributed by atoms with E-state index >= 15 is 0 Å². The maximum absolute atomic E-state index is 12.5. The Balaban J connectivity index is 1.69. The lowest BCUT2D eigenvalue weighted by Crippen LogP contribution is -2.32. The van der Waals surface area contributed by atoms with E-state index in [2.05, 4.69) is 10.1 Å². The third-order valence-corrected chi connectivity index (χ3v) is 3.95. The Morgan fingerprint density at radius 1 is 1.55 bits per heavy atom. The maximum atomic E-state index is 12.5. The minimum Gasteiger partial charge on any atom is -0.472 e. The maximum Gasteiger partial charge on any atom is 0.249 e. The summed E-state index contributed by atoms with van der Waals surface area (Å²) < 4.78 is 15.7. The predicted molar refractivity (Wildman–Crippen MR) is 75.9 cm³/mol. The average molecular weight is 305 g/mol. The van der Waals surface area contributed by atoms with Crippen molar-refractivity contribution < 1.29 is 18.5 Å². The second-order valence-corrected chi connectivity index (χ2v) is 5.47. The first kappa shape index (κ1) is 14.8. The lowest BCUT2D eigenvalue weighted by atomic mass is 10.1. The van der Waals surface area contributed by atoms with E-state index in [0.29, 0.717) is 37.5 Å². The Morgan fingerprint density at radius 3 is 3.05 bits per heavy atom. The van der Waals surface area contributed by atoms with E-state index in [1.807, 2.05) is 6.07 Å². The molecule has 2 aromatic rings. The number of aromatic nitrogens is 2. The van der Waals surface area contributed by atoms with Gasteiger partial charge in [0.2, 0.25) is 11.8 Å². The van der Waals surface area contributed by atoms with Gasteiger partial charge < -0.3 is 18.6 Å². The molecule has 0 spiro atoms. The molecule has 3 heterocycles. The zero-order chi connectivity index (χ0) is 15.5.